The summed E-state index contributed by atoms with van der Waals surface area (Å²) >= 11 is 1.51. The number of hydrogen-bond donors (Lipinski definition) is 1. The Morgan fingerprint density at radius 2 is 1.93 bits per heavy atom. The molecule has 2 aromatic rings. The highest BCUT2D eigenvalue weighted by Crippen LogP contribution is 2.25. The lowest BCUT2D eigenvalue weighted by molar-refractivity contribution is -0.116. The van der Waals surface area contributed by atoms with E-state index in [9.17, 15) is 4.79 Å². The van der Waals surface area contributed by atoms with E-state index in [0.29, 0.717) is 10.9 Å². The first-order valence-electron chi connectivity index (χ1n) is 8.90. The van der Waals surface area contributed by atoms with Crippen molar-refractivity contribution in [3.05, 3.63) is 76.3 Å². The lowest BCUT2D eigenvalue weighted by atomic mass is 10.1. The Morgan fingerprint density at radius 3 is 2.70 bits per heavy atom. The number of nitrogens with one attached hydrogen (secondary N) is 1. The molecular formula is C21H20N4OS. The smallest absolute Gasteiger partial charge is 0.276 e. The van der Waals surface area contributed by atoms with Gasteiger partial charge in [0, 0.05) is 5.22 Å². The van der Waals surface area contributed by atoms with Crippen LogP contribution in [-0.2, 0) is 4.79 Å². The Labute approximate surface area is 162 Å². The lowest BCUT2D eigenvalue weighted by Crippen LogP contribution is -2.52. The standard InChI is InChI=1S/C21H20N4OS/c1-3-27-21-23-20(26)18-16-11-7-8-12-17(16)22-19(25(18)24-21)14(2)13-15-9-5-4-6-10-15/h4-13,19H,3H2,1-2H3,(H,23,24,26)/b14-13+/t19-/m0/s1. The van der Waals surface area contributed by atoms with Crippen molar-refractivity contribution in [2.24, 2.45) is 10.1 Å². The minimum atomic E-state index is -0.353. The second kappa shape index (κ2) is 7.40. The van der Waals surface area contributed by atoms with Crippen molar-refractivity contribution in [2.45, 2.75) is 20.0 Å². The molecule has 2 aromatic carbocycles. The number of amides is 1. The van der Waals surface area contributed by atoms with Crippen molar-refractivity contribution in [1.29, 1.82) is 0 Å². The highest BCUT2D eigenvalue weighted by Gasteiger charge is 2.34. The van der Waals surface area contributed by atoms with Crippen molar-refractivity contribution >= 4 is 34.6 Å². The van der Waals surface area contributed by atoms with Crippen LogP contribution < -0.4 is 15.9 Å². The zero-order valence-corrected chi connectivity index (χ0v) is 16.0. The van der Waals surface area contributed by atoms with Crippen LogP contribution in [0.2, 0.25) is 0 Å². The van der Waals surface area contributed by atoms with Gasteiger partial charge in [0.25, 0.3) is 5.91 Å². The minimum absolute atomic E-state index is 0.138. The zero-order chi connectivity index (χ0) is 18.8. The summed E-state index contributed by atoms with van der Waals surface area (Å²) < 4.78 is 0. The number of hydrogen-bond acceptors (Lipinski definition) is 5. The molecule has 1 atom stereocenters. The van der Waals surface area contributed by atoms with E-state index in [4.69, 9.17) is 10.1 Å². The van der Waals surface area contributed by atoms with Crippen LogP contribution in [0, 0.1) is 0 Å². The molecule has 0 fully saturated rings. The number of hydrazone groups is 1. The monoisotopic (exact) mass is 376 g/mol. The third-order valence-electron chi connectivity index (χ3n) is 4.40. The number of fused-ring (bicyclic) bond motifs is 2. The Hall–Kier alpha value is -2.86. The number of rotatable bonds is 3. The molecule has 5 nitrogen and oxygen atoms in total. The molecule has 0 unspecified atom stereocenters. The topological polar surface area (TPSA) is 57.1 Å². The highest BCUT2D eigenvalue weighted by atomic mass is 32.2. The third kappa shape index (κ3) is 3.40. The summed E-state index contributed by atoms with van der Waals surface area (Å²) in [6.07, 6.45) is 1.74. The largest absolute Gasteiger partial charge is 0.298 e. The molecule has 0 saturated carbocycles. The van der Waals surface area contributed by atoms with Gasteiger partial charge in [0.05, 0.1) is 5.36 Å². The van der Waals surface area contributed by atoms with Crippen molar-refractivity contribution in [3.8, 4) is 0 Å². The number of carbonyl (C=O) groups is 1. The van der Waals surface area contributed by atoms with Gasteiger partial charge in [-0.1, -0.05) is 73.3 Å². The number of thioether (sulfide) groups is 1. The lowest BCUT2D eigenvalue weighted by Gasteiger charge is -2.34. The van der Waals surface area contributed by atoms with E-state index in [1.54, 1.807) is 5.01 Å². The Balaban J connectivity index is 1.87. The fourth-order valence-corrected chi connectivity index (χ4v) is 3.80. The molecule has 2 aliphatic rings. The van der Waals surface area contributed by atoms with E-state index in [2.05, 4.69) is 23.5 Å². The average Bonchev–Trinajstić information content (AvgIpc) is 2.68. The molecule has 1 N–H and O–H groups in total. The fraction of sp³-hybridized carbons (Fsp3) is 0.190. The minimum Gasteiger partial charge on any atom is -0.298 e. The van der Waals surface area contributed by atoms with Crippen LogP contribution in [0.5, 0.6) is 0 Å². The number of nitrogens with zero attached hydrogens (tertiary/aromatic N) is 3. The van der Waals surface area contributed by atoms with Gasteiger partial charge in [-0.3, -0.25) is 15.1 Å². The molecule has 0 spiro atoms. The molecule has 0 aliphatic carbocycles. The van der Waals surface area contributed by atoms with Gasteiger partial charge >= 0.3 is 0 Å². The highest BCUT2D eigenvalue weighted by molar-refractivity contribution is 8.13. The zero-order valence-electron chi connectivity index (χ0n) is 15.2. The second-order valence-corrected chi connectivity index (χ2v) is 7.56. The molecule has 27 heavy (non-hydrogen) atoms. The van der Waals surface area contributed by atoms with Crippen LogP contribution in [0.25, 0.3) is 11.8 Å². The van der Waals surface area contributed by atoms with Crippen LogP contribution >= 0.6 is 11.8 Å². The first-order valence-corrected chi connectivity index (χ1v) is 9.88. The summed E-state index contributed by atoms with van der Waals surface area (Å²) in [4.78, 5) is 17.8. The van der Waals surface area contributed by atoms with Gasteiger partial charge in [-0.15, -0.1) is 5.10 Å². The average molecular weight is 376 g/mol. The first-order chi connectivity index (χ1) is 13.2. The molecule has 2 aliphatic heterocycles. The van der Waals surface area contributed by atoms with Gasteiger partial charge in [0.15, 0.2) is 11.3 Å². The van der Waals surface area contributed by atoms with E-state index >= 15 is 0 Å². The SMILES string of the molecule is CCSC1=NN2C(=c3ccccc3=N[C@@H]2/C(C)=C/c2ccccc2)C(=O)N1. The fourth-order valence-electron chi connectivity index (χ4n) is 3.21. The van der Waals surface area contributed by atoms with Crippen molar-refractivity contribution in [1.82, 2.24) is 10.3 Å². The van der Waals surface area contributed by atoms with E-state index in [0.717, 1.165) is 27.5 Å². The normalized spacial score (nSPS) is 18.9. The molecule has 0 bridgehead atoms. The maximum atomic E-state index is 12.9. The van der Waals surface area contributed by atoms with Crippen LogP contribution in [0.4, 0.5) is 0 Å². The maximum absolute atomic E-state index is 12.9. The summed E-state index contributed by atoms with van der Waals surface area (Å²) in [6.45, 7) is 4.06. The molecule has 2 heterocycles. The van der Waals surface area contributed by atoms with E-state index in [-0.39, 0.29) is 12.1 Å². The Kier molecular flexibility index (Phi) is 4.81. The van der Waals surface area contributed by atoms with E-state index in [1.807, 2.05) is 56.3 Å². The molecule has 4 rings (SSSR count). The van der Waals surface area contributed by atoms with Crippen LogP contribution in [-0.4, -0.2) is 28.0 Å². The Morgan fingerprint density at radius 1 is 1.19 bits per heavy atom. The maximum Gasteiger partial charge on any atom is 0.276 e. The van der Waals surface area contributed by atoms with Gasteiger partial charge < -0.3 is 0 Å². The number of carbonyl (C=O) groups excluding carboxylic acids is 1. The van der Waals surface area contributed by atoms with Crippen LogP contribution in [0.15, 0.2) is 70.3 Å². The third-order valence-corrected chi connectivity index (χ3v) is 5.14. The molecule has 6 heteroatoms. The van der Waals surface area contributed by atoms with Crippen molar-refractivity contribution < 1.29 is 4.79 Å². The van der Waals surface area contributed by atoms with Gasteiger partial charge in [-0.25, -0.2) is 5.01 Å². The van der Waals surface area contributed by atoms with Gasteiger partial charge in [0.1, 0.15) is 5.70 Å². The molecule has 0 aromatic heterocycles. The number of amidine groups is 1. The summed E-state index contributed by atoms with van der Waals surface area (Å²) in [7, 11) is 0. The quantitative estimate of drug-likeness (QED) is 0.894. The molecule has 0 radical (unpaired) electrons. The van der Waals surface area contributed by atoms with Gasteiger partial charge in [-0.05, 0) is 29.9 Å². The second-order valence-electron chi connectivity index (χ2n) is 6.30. The summed E-state index contributed by atoms with van der Waals surface area (Å²) in [5.41, 5.74) is 2.67. The predicted octanol–water partition coefficient (Wildman–Crippen LogP) is 2.31. The summed E-state index contributed by atoms with van der Waals surface area (Å²) in [6, 6.07) is 17.8. The summed E-state index contributed by atoms with van der Waals surface area (Å²) in [5, 5.41) is 11.6. The molecule has 0 saturated heterocycles. The van der Waals surface area contributed by atoms with Crippen molar-refractivity contribution in [3.63, 3.8) is 0 Å². The van der Waals surface area contributed by atoms with Crippen LogP contribution in [0.3, 0.4) is 0 Å². The summed E-state index contributed by atoms with van der Waals surface area (Å²) in [5.74, 6) is 0.695. The number of para-hydroxylation sites is 1. The van der Waals surface area contributed by atoms with Gasteiger partial charge in [-0.2, -0.15) is 0 Å². The first kappa shape index (κ1) is 17.5. The van der Waals surface area contributed by atoms with Gasteiger partial charge in [0.2, 0.25) is 0 Å². The van der Waals surface area contributed by atoms with E-state index < -0.39 is 0 Å². The molecular weight excluding hydrogens is 356 g/mol. The number of benzene rings is 2. The Bertz CT molecular complexity index is 1060. The predicted molar refractivity (Wildman–Crippen MR) is 110 cm³/mol. The van der Waals surface area contributed by atoms with Crippen LogP contribution in [0.1, 0.15) is 19.4 Å². The molecule has 136 valence electrons. The molecule has 1 amide bonds. The van der Waals surface area contributed by atoms with E-state index in [1.165, 1.54) is 11.8 Å². The van der Waals surface area contributed by atoms with Crippen molar-refractivity contribution in [2.75, 3.05) is 5.75 Å².